The van der Waals surface area contributed by atoms with E-state index in [9.17, 15) is 9.59 Å². The van der Waals surface area contributed by atoms with Crippen LogP contribution in [0.25, 0.3) is 11.4 Å². The van der Waals surface area contributed by atoms with Crippen LogP contribution in [0.5, 0.6) is 0 Å². The molecule has 1 heterocycles. The van der Waals surface area contributed by atoms with Crippen molar-refractivity contribution in [2.24, 2.45) is 5.92 Å². The molecular weight excluding hydrogens is 404 g/mol. The smallest absolute Gasteiger partial charge is 0.251 e. The summed E-state index contributed by atoms with van der Waals surface area (Å²) < 4.78 is 0. The molecule has 3 rings (SSSR count). The fourth-order valence-corrected chi connectivity index (χ4v) is 3.25. The van der Waals surface area contributed by atoms with Gasteiger partial charge in [-0.25, -0.2) is 0 Å². The average Bonchev–Trinajstić information content (AvgIpc) is 3.23. The van der Waals surface area contributed by atoms with Gasteiger partial charge in [0.25, 0.3) is 5.91 Å². The lowest BCUT2D eigenvalue weighted by Gasteiger charge is -2.28. The van der Waals surface area contributed by atoms with Crippen molar-refractivity contribution in [2.75, 3.05) is 11.4 Å². The number of nitrogens with zero attached hydrogens (tertiary/aromatic N) is 5. The molecule has 2 aromatic carbocycles. The van der Waals surface area contributed by atoms with E-state index in [1.807, 2.05) is 61.5 Å². The molecule has 0 fully saturated rings. The van der Waals surface area contributed by atoms with E-state index >= 15 is 0 Å². The van der Waals surface area contributed by atoms with Crippen molar-refractivity contribution >= 4 is 17.5 Å². The number of carbonyl (C=O) groups is 2. The molecule has 0 aliphatic heterocycles. The number of tetrazole rings is 1. The molecular formula is C24H30N6O2. The summed E-state index contributed by atoms with van der Waals surface area (Å²) in [6, 6.07) is 16.2. The van der Waals surface area contributed by atoms with Gasteiger partial charge in [-0.1, -0.05) is 61.9 Å². The zero-order valence-corrected chi connectivity index (χ0v) is 19.0. The maximum atomic E-state index is 13.2. The first kappa shape index (κ1) is 23.1. The van der Waals surface area contributed by atoms with Crippen LogP contribution in [0.15, 0.2) is 54.6 Å². The number of hydrogen-bond donors (Lipinski definition) is 1. The molecule has 8 nitrogen and oxygen atoms in total. The molecule has 0 aliphatic carbocycles. The minimum Gasteiger partial charge on any atom is -0.354 e. The number of amides is 2. The Kier molecular flexibility index (Phi) is 7.70. The summed E-state index contributed by atoms with van der Waals surface area (Å²) in [5.74, 6) is 0.437. The molecule has 32 heavy (non-hydrogen) atoms. The molecule has 2 amide bonds. The van der Waals surface area contributed by atoms with Gasteiger partial charge in [-0.2, -0.15) is 4.80 Å². The maximum Gasteiger partial charge on any atom is 0.251 e. The Morgan fingerprint density at radius 3 is 2.38 bits per heavy atom. The zero-order chi connectivity index (χ0) is 23.1. The highest BCUT2D eigenvalue weighted by Crippen LogP contribution is 2.18. The summed E-state index contributed by atoms with van der Waals surface area (Å²) >= 11 is 0. The van der Waals surface area contributed by atoms with Crippen LogP contribution in [0, 0.1) is 12.8 Å². The third-order valence-corrected chi connectivity index (χ3v) is 5.13. The quantitative estimate of drug-likeness (QED) is 0.558. The van der Waals surface area contributed by atoms with Crippen molar-refractivity contribution in [3.8, 4) is 11.4 Å². The number of aromatic nitrogens is 4. The molecule has 0 aliphatic rings. The van der Waals surface area contributed by atoms with E-state index in [2.05, 4.69) is 34.6 Å². The van der Waals surface area contributed by atoms with Crippen LogP contribution in [0.1, 0.15) is 32.8 Å². The second-order valence-electron chi connectivity index (χ2n) is 8.26. The first-order valence-corrected chi connectivity index (χ1v) is 10.8. The van der Waals surface area contributed by atoms with Crippen LogP contribution in [-0.2, 0) is 16.1 Å². The van der Waals surface area contributed by atoms with Gasteiger partial charge >= 0.3 is 0 Å². The van der Waals surface area contributed by atoms with E-state index in [1.165, 1.54) is 9.70 Å². The first-order valence-electron chi connectivity index (χ1n) is 10.8. The third kappa shape index (κ3) is 6.00. The molecule has 1 unspecified atom stereocenters. The van der Waals surface area contributed by atoms with Gasteiger partial charge in [0.15, 0.2) is 0 Å². The van der Waals surface area contributed by atoms with Crippen LogP contribution in [0.4, 0.5) is 5.69 Å². The zero-order valence-electron chi connectivity index (χ0n) is 19.0. The van der Waals surface area contributed by atoms with Crippen LogP contribution in [0.3, 0.4) is 0 Å². The summed E-state index contributed by atoms with van der Waals surface area (Å²) in [5, 5.41) is 15.4. The normalized spacial score (nSPS) is 11.9. The molecule has 1 atom stereocenters. The molecule has 1 N–H and O–H groups in total. The second kappa shape index (κ2) is 10.7. The molecule has 1 aromatic heterocycles. The minimum atomic E-state index is -0.683. The van der Waals surface area contributed by atoms with Crippen molar-refractivity contribution in [1.29, 1.82) is 0 Å². The predicted molar refractivity (Wildman–Crippen MR) is 124 cm³/mol. The number of aryl methyl sites for hydroxylation is 1. The van der Waals surface area contributed by atoms with Crippen molar-refractivity contribution in [3.63, 3.8) is 0 Å². The first-order chi connectivity index (χ1) is 15.3. The van der Waals surface area contributed by atoms with Crippen LogP contribution >= 0.6 is 0 Å². The number of rotatable bonds is 9. The Labute approximate surface area is 188 Å². The van der Waals surface area contributed by atoms with E-state index in [4.69, 9.17) is 0 Å². The number of hydrogen-bond acceptors (Lipinski definition) is 5. The average molecular weight is 435 g/mol. The summed E-state index contributed by atoms with van der Waals surface area (Å²) in [6.45, 7) is 8.38. The molecule has 0 spiro atoms. The lowest BCUT2D eigenvalue weighted by atomic mass is 10.1. The Bertz CT molecular complexity index is 1030. The molecule has 8 heteroatoms. The Balaban J connectivity index is 1.76. The van der Waals surface area contributed by atoms with E-state index in [0.29, 0.717) is 24.0 Å². The summed E-state index contributed by atoms with van der Waals surface area (Å²) in [7, 11) is 0. The Morgan fingerprint density at radius 1 is 1.03 bits per heavy atom. The SMILES string of the molecule is Cc1ccc(-c2nnn(CC(=O)N(c3ccccc3)C(C)C(=O)NCCC(C)C)n2)cc1. The highest BCUT2D eigenvalue weighted by molar-refractivity contribution is 6.00. The molecule has 0 radical (unpaired) electrons. The lowest BCUT2D eigenvalue weighted by molar-refractivity contribution is -0.126. The predicted octanol–water partition coefficient (Wildman–Crippen LogP) is 3.23. The van der Waals surface area contributed by atoms with Gasteiger partial charge in [0.1, 0.15) is 12.6 Å². The fraction of sp³-hybridized carbons (Fsp3) is 0.375. The molecule has 0 saturated heterocycles. The highest BCUT2D eigenvalue weighted by atomic mass is 16.2. The van der Waals surface area contributed by atoms with Gasteiger partial charge in [0.05, 0.1) is 0 Å². The molecule has 168 valence electrons. The van der Waals surface area contributed by atoms with Crippen LogP contribution in [0.2, 0.25) is 0 Å². The second-order valence-corrected chi connectivity index (χ2v) is 8.26. The number of anilines is 1. The van der Waals surface area contributed by atoms with Crippen LogP contribution in [-0.4, -0.2) is 44.6 Å². The summed E-state index contributed by atoms with van der Waals surface area (Å²) in [4.78, 5) is 28.8. The standard InChI is InChI=1S/C24H30N6O2/c1-17(2)14-15-25-24(32)19(4)30(21-8-6-5-7-9-21)22(31)16-29-27-23(26-28-29)20-12-10-18(3)11-13-20/h5-13,17,19H,14-16H2,1-4H3,(H,25,32). The lowest BCUT2D eigenvalue weighted by Crippen LogP contribution is -2.49. The van der Waals surface area contributed by atoms with Gasteiger partial charge in [-0.05, 0) is 43.5 Å². The molecule has 3 aromatic rings. The highest BCUT2D eigenvalue weighted by Gasteiger charge is 2.28. The van der Waals surface area contributed by atoms with Crippen molar-refractivity contribution in [3.05, 3.63) is 60.2 Å². The number of benzene rings is 2. The van der Waals surface area contributed by atoms with Gasteiger partial charge in [-0.3, -0.25) is 14.5 Å². The van der Waals surface area contributed by atoms with Gasteiger partial charge in [0, 0.05) is 17.8 Å². The molecule has 0 bridgehead atoms. The largest absolute Gasteiger partial charge is 0.354 e. The monoisotopic (exact) mass is 434 g/mol. The number of carbonyl (C=O) groups excluding carboxylic acids is 2. The third-order valence-electron chi connectivity index (χ3n) is 5.13. The Hall–Kier alpha value is -3.55. The van der Waals surface area contributed by atoms with Gasteiger partial charge < -0.3 is 5.32 Å². The minimum absolute atomic E-state index is 0.128. The van der Waals surface area contributed by atoms with Crippen molar-refractivity contribution in [1.82, 2.24) is 25.5 Å². The van der Waals surface area contributed by atoms with E-state index in [-0.39, 0.29) is 18.4 Å². The topological polar surface area (TPSA) is 93.0 Å². The van der Waals surface area contributed by atoms with Crippen LogP contribution < -0.4 is 10.2 Å². The van der Waals surface area contributed by atoms with Gasteiger partial charge in [-0.15, -0.1) is 10.2 Å². The Morgan fingerprint density at radius 2 is 1.72 bits per heavy atom. The number of nitrogens with one attached hydrogen (secondary N) is 1. The summed E-state index contributed by atoms with van der Waals surface area (Å²) in [6.07, 6.45) is 0.877. The van der Waals surface area contributed by atoms with E-state index in [1.54, 1.807) is 6.92 Å². The fourth-order valence-electron chi connectivity index (χ4n) is 3.25. The van der Waals surface area contributed by atoms with E-state index < -0.39 is 6.04 Å². The molecule has 0 saturated carbocycles. The van der Waals surface area contributed by atoms with E-state index in [0.717, 1.165) is 17.5 Å². The van der Waals surface area contributed by atoms with Gasteiger partial charge in [0.2, 0.25) is 11.7 Å². The summed E-state index contributed by atoms with van der Waals surface area (Å²) in [5.41, 5.74) is 2.60. The van der Waals surface area contributed by atoms with Crippen molar-refractivity contribution in [2.45, 2.75) is 46.7 Å². The number of para-hydroxylation sites is 1. The van der Waals surface area contributed by atoms with Crippen molar-refractivity contribution < 1.29 is 9.59 Å². The maximum absolute atomic E-state index is 13.2.